The van der Waals surface area contributed by atoms with Crippen molar-refractivity contribution < 1.29 is 23.8 Å². The Morgan fingerprint density at radius 2 is 2.18 bits per heavy atom. The lowest BCUT2D eigenvalue weighted by Gasteiger charge is -2.27. The second kappa shape index (κ2) is 7.27. The van der Waals surface area contributed by atoms with Crippen LogP contribution in [0.1, 0.15) is 39.5 Å². The van der Waals surface area contributed by atoms with E-state index in [0.29, 0.717) is 26.1 Å². The third-order valence-electron chi connectivity index (χ3n) is 2.57. The summed E-state index contributed by atoms with van der Waals surface area (Å²) in [5, 5.41) is 0. The van der Waals surface area contributed by atoms with Gasteiger partial charge >= 0.3 is 11.9 Å². The summed E-state index contributed by atoms with van der Waals surface area (Å²) in [6.07, 6.45) is 2.04. The Morgan fingerprint density at radius 3 is 2.82 bits per heavy atom. The molecule has 0 unspecified atom stereocenters. The normalized spacial score (nSPS) is 24.1. The van der Waals surface area contributed by atoms with Gasteiger partial charge in [-0.3, -0.25) is 4.79 Å². The smallest absolute Gasteiger partial charge is 0.335 e. The second-order valence-corrected chi connectivity index (χ2v) is 4.14. The van der Waals surface area contributed by atoms with E-state index in [0.717, 1.165) is 12.8 Å². The molecule has 0 N–H and O–H groups in total. The van der Waals surface area contributed by atoms with Crippen molar-refractivity contribution in [2.75, 3.05) is 13.2 Å². The van der Waals surface area contributed by atoms with Crippen LogP contribution in [0.15, 0.2) is 0 Å². The molecular formula is C12H20O5. The Balaban J connectivity index is 2.32. The van der Waals surface area contributed by atoms with Crippen LogP contribution < -0.4 is 0 Å². The van der Waals surface area contributed by atoms with Crippen LogP contribution in [-0.4, -0.2) is 37.4 Å². The summed E-state index contributed by atoms with van der Waals surface area (Å²) in [4.78, 5) is 22.4. The monoisotopic (exact) mass is 244 g/mol. The summed E-state index contributed by atoms with van der Waals surface area (Å²) < 4.78 is 15.5. The highest BCUT2D eigenvalue weighted by Crippen LogP contribution is 2.18. The lowest BCUT2D eigenvalue weighted by Crippen LogP contribution is -2.37. The molecule has 1 fully saturated rings. The molecule has 0 amide bonds. The first-order valence-corrected chi connectivity index (χ1v) is 6.09. The van der Waals surface area contributed by atoms with E-state index in [-0.39, 0.29) is 18.0 Å². The minimum absolute atomic E-state index is 0.232. The van der Waals surface area contributed by atoms with E-state index in [1.807, 2.05) is 6.92 Å². The van der Waals surface area contributed by atoms with Crippen LogP contribution in [0.5, 0.6) is 0 Å². The van der Waals surface area contributed by atoms with E-state index >= 15 is 0 Å². The number of hydrogen-bond acceptors (Lipinski definition) is 5. The van der Waals surface area contributed by atoms with Crippen molar-refractivity contribution in [1.82, 2.24) is 0 Å². The largest absolute Gasteiger partial charge is 0.464 e. The van der Waals surface area contributed by atoms with Gasteiger partial charge in [-0.15, -0.1) is 0 Å². The zero-order chi connectivity index (χ0) is 12.7. The van der Waals surface area contributed by atoms with E-state index in [1.165, 1.54) is 6.92 Å². The Labute approximate surface area is 101 Å². The SMILES string of the molecule is CCCCOC(=O)[C@@H]1C[C@H](OC(C)=O)CCO1. The summed E-state index contributed by atoms with van der Waals surface area (Å²) in [6.45, 7) is 4.24. The van der Waals surface area contributed by atoms with Crippen molar-refractivity contribution in [2.24, 2.45) is 0 Å². The summed E-state index contributed by atoms with van der Waals surface area (Å²) in [7, 11) is 0. The molecule has 0 saturated carbocycles. The molecule has 1 heterocycles. The fraction of sp³-hybridized carbons (Fsp3) is 0.833. The van der Waals surface area contributed by atoms with Crippen LogP contribution in [0.4, 0.5) is 0 Å². The number of carbonyl (C=O) groups excluding carboxylic acids is 2. The van der Waals surface area contributed by atoms with Crippen LogP contribution in [0.3, 0.4) is 0 Å². The average molecular weight is 244 g/mol. The highest BCUT2D eigenvalue weighted by Gasteiger charge is 2.30. The Hall–Kier alpha value is -1.10. The van der Waals surface area contributed by atoms with Crippen LogP contribution in [0, 0.1) is 0 Å². The first-order valence-electron chi connectivity index (χ1n) is 6.09. The molecule has 0 bridgehead atoms. The highest BCUT2D eigenvalue weighted by atomic mass is 16.6. The number of esters is 2. The molecule has 0 aliphatic carbocycles. The Bertz CT molecular complexity index is 264. The third-order valence-corrected chi connectivity index (χ3v) is 2.57. The van der Waals surface area contributed by atoms with Gasteiger partial charge in [0.2, 0.25) is 0 Å². The summed E-state index contributed by atoms with van der Waals surface area (Å²) in [5.41, 5.74) is 0. The number of ether oxygens (including phenoxy) is 3. The lowest BCUT2D eigenvalue weighted by molar-refractivity contribution is -0.170. The van der Waals surface area contributed by atoms with Crippen molar-refractivity contribution in [1.29, 1.82) is 0 Å². The number of carbonyl (C=O) groups is 2. The Morgan fingerprint density at radius 1 is 1.41 bits per heavy atom. The maximum absolute atomic E-state index is 11.6. The predicted octanol–water partition coefficient (Wildman–Crippen LogP) is 1.44. The van der Waals surface area contributed by atoms with Crippen LogP contribution in [0.25, 0.3) is 0 Å². The molecule has 0 aromatic heterocycles. The molecule has 17 heavy (non-hydrogen) atoms. The second-order valence-electron chi connectivity index (χ2n) is 4.14. The lowest BCUT2D eigenvalue weighted by atomic mass is 10.1. The van der Waals surface area contributed by atoms with Gasteiger partial charge in [0, 0.05) is 19.8 Å². The van der Waals surface area contributed by atoms with Gasteiger partial charge in [-0.2, -0.15) is 0 Å². The van der Waals surface area contributed by atoms with E-state index in [1.54, 1.807) is 0 Å². The van der Waals surface area contributed by atoms with Crippen molar-refractivity contribution in [3.63, 3.8) is 0 Å². The molecular weight excluding hydrogens is 224 g/mol. The van der Waals surface area contributed by atoms with Gasteiger partial charge in [0.15, 0.2) is 6.10 Å². The third kappa shape index (κ3) is 5.17. The molecule has 5 nitrogen and oxygen atoms in total. The van der Waals surface area contributed by atoms with Gasteiger partial charge < -0.3 is 14.2 Å². The van der Waals surface area contributed by atoms with E-state index in [4.69, 9.17) is 14.2 Å². The molecule has 5 heteroatoms. The number of hydrogen-bond donors (Lipinski definition) is 0. The van der Waals surface area contributed by atoms with Gasteiger partial charge in [0.1, 0.15) is 6.10 Å². The van der Waals surface area contributed by atoms with Gasteiger partial charge in [0.05, 0.1) is 13.2 Å². The minimum atomic E-state index is -0.593. The van der Waals surface area contributed by atoms with Crippen LogP contribution in [0.2, 0.25) is 0 Å². The van der Waals surface area contributed by atoms with Gasteiger partial charge in [0.25, 0.3) is 0 Å². The summed E-state index contributed by atoms with van der Waals surface area (Å²) in [6, 6.07) is 0. The topological polar surface area (TPSA) is 61.8 Å². The average Bonchev–Trinajstić information content (AvgIpc) is 2.28. The zero-order valence-corrected chi connectivity index (χ0v) is 10.4. The molecule has 2 atom stereocenters. The molecule has 1 rings (SSSR count). The van der Waals surface area contributed by atoms with Crippen LogP contribution in [-0.2, 0) is 23.8 Å². The number of rotatable bonds is 5. The van der Waals surface area contributed by atoms with Crippen molar-refractivity contribution in [3.8, 4) is 0 Å². The molecule has 1 aliphatic rings. The minimum Gasteiger partial charge on any atom is -0.464 e. The molecule has 1 aliphatic heterocycles. The van der Waals surface area contributed by atoms with Crippen molar-refractivity contribution in [2.45, 2.75) is 51.7 Å². The highest BCUT2D eigenvalue weighted by molar-refractivity contribution is 5.75. The van der Waals surface area contributed by atoms with Gasteiger partial charge in [-0.1, -0.05) is 13.3 Å². The molecule has 1 saturated heterocycles. The van der Waals surface area contributed by atoms with E-state index in [2.05, 4.69) is 0 Å². The molecule has 0 aromatic rings. The predicted molar refractivity (Wildman–Crippen MR) is 60.4 cm³/mol. The van der Waals surface area contributed by atoms with Crippen molar-refractivity contribution >= 4 is 11.9 Å². The zero-order valence-electron chi connectivity index (χ0n) is 10.4. The van der Waals surface area contributed by atoms with Gasteiger partial charge in [-0.05, 0) is 6.42 Å². The maximum atomic E-state index is 11.6. The molecule has 98 valence electrons. The molecule has 0 spiro atoms. The van der Waals surface area contributed by atoms with Crippen LogP contribution >= 0.6 is 0 Å². The maximum Gasteiger partial charge on any atom is 0.335 e. The summed E-state index contributed by atoms with van der Waals surface area (Å²) in [5.74, 6) is -0.676. The standard InChI is InChI=1S/C12H20O5/c1-3-4-6-16-12(14)11-8-10(5-7-15-11)17-9(2)13/h10-11H,3-8H2,1-2H3/t10-,11+/m1/s1. The van der Waals surface area contributed by atoms with E-state index in [9.17, 15) is 9.59 Å². The first-order chi connectivity index (χ1) is 8.13. The van der Waals surface area contributed by atoms with E-state index < -0.39 is 6.10 Å². The fourth-order valence-electron chi connectivity index (χ4n) is 1.68. The fourth-order valence-corrected chi connectivity index (χ4v) is 1.68. The van der Waals surface area contributed by atoms with Gasteiger partial charge in [-0.25, -0.2) is 4.79 Å². The number of unbranched alkanes of at least 4 members (excludes halogenated alkanes) is 1. The van der Waals surface area contributed by atoms with Crippen molar-refractivity contribution in [3.05, 3.63) is 0 Å². The molecule has 0 radical (unpaired) electrons. The summed E-state index contributed by atoms with van der Waals surface area (Å²) >= 11 is 0. The Kier molecular flexibility index (Phi) is 5.97. The quantitative estimate of drug-likeness (QED) is 0.541. The first kappa shape index (κ1) is 14.0. The molecule has 0 aromatic carbocycles.